The maximum Gasteiger partial charge on any atom is 0.421 e. The third kappa shape index (κ3) is 10.1. The number of carbonyl (C=O) groups excluding carboxylic acids is 4. The van der Waals surface area contributed by atoms with Gasteiger partial charge in [0.15, 0.2) is 0 Å². The first-order valence-electron chi connectivity index (χ1n) is 26.4. The standard InChI is InChI=1S/C62H56N8O10/c1-65(40-43-14-5-2-6-15-43)31-12-16-42-25-28-51-50(38-42)62(59(74)68(51)61(75)79-41-44-23-26-48(27-24-44)70(76)77)52(57(72)66-32-34-67(35-33-66)60-63-29-13-30-64-60)54-58(73)80-55(46-19-9-4-10-20-46)53(45-17-7-3-8-18-45)69(54)56(62)47-21-11-22-49(39-47)78-37-36-71/h2-11,13-15,17-30,38-39,52-56,71H,31-37,40-41H2,1H3. The Kier molecular flexibility index (Phi) is 15.1. The summed E-state index contributed by atoms with van der Waals surface area (Å²) in [6.45, 7) is 1.27. The minimum absolute atomic E-state index is 0.0551. The van der Waals surface area contributed by atoms with Crippen molar-refractivity contribution in [3.63, 3.8) is 0 Å². The first kappa shape index (κ1) is 52.8. The van der Waals surface area contributed by atoms with Crippen molar-refractivity contribution < 1.29 is 43.4 Å². The number of nitro groups is 1. The number of fused-ring (bicyclic) bond motifs is 3. The van der Waals surface area contributed by atoms with E-state index in [1.807, 2.05) is 114 Å². The lowest BCUT2D eigenvalue weighted by Gasteiger charge is -2.46. The number of benzene rings is 6. The maximum absolute atomic E-state index is 16.9. The molecule has 404 valence electrons. The Morgan fingerprint density at radius 3 is 2.15 bits per heavy atom. The van der Waals surface area contributed by atoms with Crippen LogP contribution in [0.25, 0.3) is 0 Å². The summed E-state index contributed by atoms with van der Waals surface area (Å²) >= 11 is 0. The fraction of sp³-hybridized carbons (Fsp3) is 0.258. The van der Waals surface area contributed by atoms with Gasteiger partial charge in [0.05, 0.1) is 41.8 Å². The molecule has 6 unspecified atom stereocenters. The van der Waals surface area contributed by atoms with Crippen LogP contribution in [0.15, 0.2) is 176 Å². The average molecular weight is 1070 g/mol. The van der Waals surface area contributed by atoms with E-state index >= 15 is 19.2 Å². The lowest BCUT2D eigenvalue weighted by molar-refractivity contribution is -0.384. The summed E-state index contributed by atoms with van der Waals surface area (Å²) in [5.74, 6) is 3.78. The van der Waals surface area contributed by atoms with Gasteiger partial charge in [-0.3, -0.25) is 34.3 Å². The van der Waals surface area contributed by atoms with Gasteiger partial charge in [0.25, 0.3) is 5.69 Å². The summed E-state index contributed by atoms with van der Waals surface area (Å²) in [5, 5.41) is 21.5. The van der Waals surface area contributed by atoms with Crippen LogP contribution in [0.4, 0.5) is 22.1 Å². The number of ether oxygens (including phenoxy) is 3. The fourth-order valence-electron chi connectivity index (χ4n) is 11.8. The van der Waals surface area contributed by atoms with Crippen LogP contribution in [-0.2, 0) is 42.4 Å². The molecule has 7 aromatic rings. The number of nitrogens with zero attached hydrogens (tertiary/aromatic N) is 8. The van der Waals surface area contributed by atoms with Gasteiger partial charge in [0.2, 0.25) is 17.8 Å². The molecule has 4 aliphatic heterocycles. The Morgan fingerprint density at radius 2 is 1.46 bits per heavy atom. The van der Waals surface area contributed by atoms with E-state index in [1.54, 1.807) is 59.8 Å². The number of imide groups is 1. The van der Waals surface area contributed by atoms with Gasteiger partial charge in [0, 0.05) is 62.8 Å². The quantitative estimate of drug-likeness (QED) is 0.0483. The molecule has 0 bridgehead atoms. The SMILES string of the molecule is CN(CC#Cc1ccc2c(c1)C1(C(=O)N2C(=O)OCc2ccc([N+](=O)[O-])cc2)C(C(=O)N2CCN(c3ncccn3)CC2)C2C(=O)OC(c3ccccc3)C(c3ccccc3)N2C1c1cccc(OCCO)c1)Cc1ccccc1. The fourth-order valence-corrected chi connectivity index (χ4v) is 11.8. The van der Waals surface area contributed by atoms with E-state index in [0.717, 1.165) is 16.0 Å². The molecule has 11 rings (SSSR count). The van der Waals surface area contributed by atoms with E-state index in [0.29, 0.717) is 60.1 Å². The van der Waals surface area contributed by atoms with Crippen molar-refractivity contribution in [1.82, 2.24) is 24.7 Å². The van der Waals surface area contributed by atoms with Crippen LogP contribution in [-0.4, -0.2) is 118 Å². The normalized spacial score (nSPS) is 21.3. The lowest BCUT2D eigenvalue weighted by Crippen LogP contribution is -2.59. The van der Waals surface area contributed by atoms with E-state index in [2.05, 4.69) is 26.7 Å². The van der Waals surface area contributed by atoms with Gasteiger partial charge >= 0.3 is 12.1 Å². The van der Waals surface area contributed by atoms with Crippen molar-refractivity contribution in [2.75, 3.05) is 62.8 Å². The Bertz CT molecular complexity index is 3470. The number of hydrogen-bond acceptors (Lipinski definition) is 15. The highest BCUT2D eigenvalue weighted by Crippen LogP contribution is 2.66. The van der Waals surface area contributed by atoms with E-state index in [4.69, 9.17) is 14.2 Å². The van der Waals surface area contributed by atoms with Crippen LogP contribution >= 0.6 is 0 Å². The molecule has 0 aliphatic carbocycles. The molecule has 6 aromatic carbocycles. The predicted molar refractivity (Wildman–Crippen MR) is 295 cm³/mol. The molecule has 1 aromatic heterocycles. The van der Waals surface area contributed by atoms with Crippen molar-refractivity contribution in [2.45, 2.75) is 42.8 Å². The second kappa shape index (κ2) is 23.0. The summed E-state index contributed by atoms with van der Waals surface area (Å²) in [6, 6.07) is 44.6. The summed E-state index contributed by atoms with van der Waals surface area (Å²) < 4.78 is 18.8. The number of rotatable bonds is 14. The Labute approximate surface area is 461 Å². The number of non-ortho nitro benzene ring substituents is 1. The second-order valence-corrected chi connectivity index (χ2v) is 20.1. The van der Waals surface area contributed by atoms with Crippen LogP contribution in [0.2, 0.25) is 0 Å². The first-order chi connectivity index (χ1) is 39.0. The number of morpholine rings is 1. The molecule has 18 heteroatoms. The number of aliphatic hydroxyl groups is 1. The number of amides is 3. The molecule has 6 atom stereocenters. The third-order valence-corrected chi connectivity index (χ3v) is 15.3. The van der Waals surface area contributed by atoms with Crippen LogP contribution in [0.3, 0.4) is 0 Å². The Balaban J connectivity index is 1.13. The van der Waals surface area contributed by atoms with Crippen LogP contribution in [0.1, 0.15) is 57.1 Å². The summed E-state index contributed by atoms with van der Waals surface area (Å²) in [5.41, 5.74) is 1.93. The number of hydrogen-bond donors (Lipinski definition) is 1. The van der Waals surface area contributed by atoms with E-state index in [-0.39, 0.29) is 49.8 Å². The summed E-state index contributed by atoms with van der Waals surface area (Å²) in [4.78, 5) is 92.8. The first-order valence-corrected chi connectivity index (χ1v) is 26.4. The lowest BCUT2D eigenvalue weighted by atomic mass is 9.64. The number of anilines is 2. The topological polar surface area (TPSA) is 201 Å². The molecule has 3 amide bonds. The highest BCUT2D eigenvalue weighted by atomic mass is 16.6. The molecule has 80 heavy (non-hydrogen) atoms. The molecule has 0 radical (unpaired) electrons. The van der Waals surface area contributed by atoms with Gasteiger partial charge in [-0.1, -0.05) is 115 Å². The number of aromatic nitrogens is 2. The zero-order chi connectivity index (χ0) is 55.3. The van der Waals surface area contributed by atoms with Crippen molar-refractivity contribution in [3.05, 3.63) is 225 Å². The van der Waals surface area contributed by atoms with Gasteiger partial charge < -0.3 is 29.1 Å². The molecule has 0 saturated carbocycles. The second-order valence-electron chi connectivity index (χ2n) is 20.1. The van der Waals surface area contributed by atoms with Gasteiger partial charge in [0.1, 0.15) is 36.5 Å². The maximum atomic E-state index is 16.9. The molecule has 5 heterocycles. The molecular formula is C62H56N8O10. The van der Waals surface area contributed by atoms with E-state index < -0.39 is 64.4 Å². The van der Waals surface area contributed by atoms with E-state index in [9.17, 15) is 15.2 Å². The number of nitro benzene ring substituents is 1. The van der Waals surface area contributed by atoms with Crippen LogP contribution in [0.5, 0.6) is 5.75 Å². The van der Waals surface area contributed by atoms with Gasteiger partial charge in [-0.15, -0.1) is 0 Å². The molecule has 1 N–H and O–H groups in total. The Hall–Kier alpha value is -9.28. The molecule has 3 saturated heterocycles. The minimum atomic E-state index is -2.13. The number of piperazine rings is 1. The number of aliphatic hydroxyl groups excluding tert-OH is 1. The van der Waals surface area contributed by atoms with Crippen LogP contribution in [0, 0.1) is 27.9 Å². The van der Waals surface area contributed by atoms with Gasteiger partial charge in [-0.05, 0) is 89.0 Å². The predicted octanol–water partition coefficient (Wildman–Crippen LogP) is 7.59. The highest BCUT2D eigenvalue weighted by molar-refractivity contribution is 6.23. The molecule has 4 aliphatic rings. The summed E-state index contributed by atoms with van der Waals surface area (Å²) in [6.07, 6.45) is 1.25. The number of cyclic esters (lactones) is 1. The zero-order valence-electron chi connectivity index (χ0n) is 43.7. The number of esters is 1. The average Bonchev–Trinajstić information content (AvgIpc) is 1.93. The largest absolute Gasteiger partial charge is 0.491 e. The highest BCUT2D eigenvalue weighted by Gasteiger charge is 2.76. The number of carbonyl (C=O) groups is 4. The van der Waals surface area contributed by atoms with E-state index in [1.165, 1.54) is 24.3 Å². The van der Waals surface area contributed by atoms with Crippen molar-refractivity contribution in [3.8, 4) is 17.6 Å². The minimum Gasteiger partial charge on any atom is -0.491 e. The van der Waals surface area contributed by atoms with Gasteiger partial charge in [-0.25, -0.2) is 19.7 Å². The van der Waals surface area contributed by atoms with Crippen LogP contribution < -0.4 is 14.5 Å². The van der Waals surface area contributed by atoms with Crippen molar-refractivity contribution >= 4 is 41.2 Å². The summed E-state index contributed by atoms with van der Waals surface area (Å²) in [7, 11) is 1.96. The van der Waals surface area contributed by atoms with Crippen molar-refractivity contribution in [2.24, 2.45) is 5.92 Å². The van der Waals surface area contributed by atoms with Crippen molar-refractivity contribution in [1.29, 1.82) is 0 Å². The molecular weight excluding hydrogens is 1020 g/mol. The molecule has 18 nitrogen and oxygen atoms in total. The monoisotopic (exact) mass is 1070 g/mol. The van der Waals surface area contributed by atoms with Gasteiger partial charge in [-0.2, -0.15) is 0 Å². The Morgan fingerprint density at radius 1 is 0.787 bits per heavy atom. The molecule has 3 fully saturated rings. The molecule has 1 spiro atoms. The smallest absolute Gasteiger partial charge is 0.421 e. The third-order valence-electron chi connectivity index (χ3n) is 15.3. The zero-order valence-corrected chi connectivity index (χ0v) is 43.7.